The summed E-state index contributed by atoms with van der Waals surface area (Å²) in [4.78, 5) is 0. The van der Waals surface area contributed by atoms with Gasteiger partial charge in [-0.15, -0.1) is 0 Å². The second-order valence-corrected chi connectivity index (χ2v) is 12.1. The molecule has 3 aromatic carbocycles. The van der Waals surface area contributed by atoms with Gasteiger partial charge in [-0.1, -0.05) is 39.0 Å². The van der Waals surface area contributed by atoms with E-state index in [-0.39, 0.29) is 6.10 Å². The van der Waals surface area contributed by atoms with E-state index in [1.54, 1.807) is 12.1 Å². The summed E-state index contributed by atoms with van der Waals surface area (Å²) in [7, 11) is 0. The van der Waals surface area contributed by atoms with Crippen LogP contribution >= 0.6 is 0 Å². The van der Waals surface area contributed by atoms with Gasteiger partial charge >= 0.3 is 6.18 Å². The number of aliphatic hydroxyl groups excluding tert-OH is 1. The van der Waals surface area contributed by atoms with Crippen molar-refractivity contribution in [1.29, 1.82) is 0 Å². The molecule has 6 rings (SSSR count). The third-order valence-electron chi connectivity index (χ3n) is 8.86. The zero-order chi connectivity index (χ0) is 29.6. The van der Waals surface area contributed by atoms with E-state index < -0.39 is 11.7 Å². The van der Waals surface area contributed by atoms with Crippen molar-refractivity contribution in [2.45, 2.75) is 71.1 Å². The molecule has 2 aliphatic rings. The van der Waals surface area contributed by atoms with Gasteiger partial charge in [0.25, 0.3) is 0 Å². The van der Waals surface area contributed by atoms with E-state index in [1.165, 1.54) is 22.3 Å². The van der Waals surface area contributed by atoms with Crippen LogP contribution in [-0.2, 0) is 19.0 Å². The quantitative estimate of drug-likeness (QED) is 0.232. The van der Waals surface area contributed by atoms with E-state index >= 15 is 0 Å². The minimum absolute atomic E-state index is 0.323. The first kappa shape index (κ1) is 28.4. The van der Waals surface area contributed by atoms with E-state index in [0.29, 0.717) is 23.9 Å². The Hall–Kier alpha value is -3.77. The molecule has 3 nitrogen and oxygen atoms in total. The molecule has 2 unspecified atom stereocenters. The number of anilines is 1. The fraction of sp³-hybridized carbons (Fsp3) is 0.333. The molecule has 0 amide bonds. The monoisotopic (exact) mass is 570 g/mol. The first-order valence-corrected chi connectivity index (χ1v) is 14.9. The summed E-state index contributed by atoms with van der Waals surface area (Å²) < 4.78 is 42.0. The Kier molecular flexibility index (Phi) is 7.52. The molecule has 1 aromatic heterocycles. The number of aryl methyl sites for hydroxylation is 1. The number of aliphatic hydroxyl groups is 1. The Morgan fingerprint density at radius 1 is 0.976 bits per heavy atom. The number of allylic oxidation sites excluding steroid dienone is 2. The normalized spacial score (nSPS) is 17.6. The van der Waals surface area contributed by atoms with Crippen LogP contribution in [0.4, 0.5) is 18.9 Å². The van der Waals surface area contributed by atoms with Crippen LogP contribution < -0.4 is 5.32 Å². The molecular weight excluding hydrogens is 533 g/mol. The maximum atomic E-state index is 13.3. The molecule has 2 aliphatic carbocycles. The summed E-state index contributed by atoms with van der Waals surface area (Å²) in [6.07, 6.45) is 3.81. The van der Waals surface area contributed by atoms with E-state index in [2.05, 4.69) is 80.7 Å². The topological polar surface area (TPSA) is 37.2 Å². The van der Waals surface area contributed by atoms with Crippen molar-refractivity contribution >= 4 is 22.7 Å². The van der Waals surface area contributed by atoms with Gasteiger partial charge in [0.15, 0.2) is 0 Å². The van der Waals surface area contributed by atoms with Crippen LogP contribution in [0.3, 0.4) is 0 Å². The number of nitrogens with zero attached hydrogens (tertiary/aromatic N) is 1. The highest BCUT2D eigenvalue weighted by molar-refractivity contribution is 5.87. The van der Waals surface area contributed by atoms with Crippen molar-refractivity contribution in [2.75, 3.05) is 5.32 Å². The molecule has 42 heavy (non-hydrogen) atoms. The van der Waals surface area contributed by atoms with Gasteiger partial charge in [-0.3, -0.25) is 0 Å². The molecule has 4 aromatic rings. The van der Waals surface area contributed by atoms with Crippen molar-refractivity contribution in [2.24, 2.45) is 5.92 Å². The first-order valence-electron chi connectivity index (χ1n) is 14.9. The molecule has 0 radical (unpaired) electrons. The molecule has 1 saturated carbocycles. The van der Waals surface area contributed by atoms with Gasteiger partial charge in [0.2, 0.25) is 0 Å². The number of alkyl halides is 3. The highest BCUT2D eigenvalue weighted by atomic mass is 19.4. The minimum atomic E-state index is -4.38. The predicted octanol–water partition coefficient (Wildman–Crippen LogP) is 9.43. The van der Waals surface area contributed by atoms with E-state index in [0.717, 1.165) is 65.8 Å². The van der Waals surface area contributed by atoms with Crippen LogP contribution in [0.2, 0.25) is 0 Å². The van der Waals surface area contributed by atoms with E-state index in [1.807, 2.05) is 4.57 Å². The van der Waals surface area contributed by atoms with Gasteiger partial charge in [0, 0.05) is 34.6 Å². The molecule has 6 heteroatoms. The Morgan fingerprint density at radius 2 is 1.74 bits per heavy atom. The number of benzene rings is 3. The second kappa shape index (κ2) is 11.1. The lowest BCUT2D eigenvalue weighted by Crippen LogP contribution is -2.20. The summed E-state index contributed by atoms with van der Waals surface area (Å²) in [5.74, 6) is 0.871. The van der Waals surface area contributed by atoms with Crippen LogP contribution in [0.1, 0.15) is 73.9 Å². The Balaban J connectivity index is 1.40. The standard InChI is InChI=1S/C36H37F3N2O/c1-22(2)23(3)26-10-18-35-27(19-26)20-30(41(35)29-13-11-28(12-14-29)36(37,38)39)15-17-33(25-7-8-25)40-34-6-4-5-24-9-16-31(42)21-32(24)34/h4-6,10-15,17-20,22-23,31,40,42H,7-9,16,21H2,1-3H3/b17-15+. The average molecular weight is 571 g/mol. The molecule has 2 N–H and O–H groups in total. The van der Waals surface area contributed by atoms with Crippen LogP contribution in [0, 0.1) is 5.92 Å². The average Bonchev–Trinajstić information content (AvgIpc) is 3.74. The van der Waals surface area contributed by atoms with Gasteiger partial charge in [-0.25, -0.2) is 0 Å². The lowest BCUT2D eigenvalue weighted by Gasteiger charge is -2.24. The lowest BCUT2D eigenvalue weighted by molar-refractivity contribution is -0.137. The van der Waals surface area contributed by atoms with Gasteiger partial charge in [0.05, 0.1) is 17.2 Å². The second-order valence-electron chi connectivity index (χ2n) is 12.1. The molecule has 1 fully saturated rings. The number of rotatable bonds is 7. The SMILES string of the molecule is CC(C)C(C)c1ccc2c(c1)cc(/C=C/C(Nc1cccc3c1CC(O)CC3)=C1CC1)n2-c1ccc(C(F)(F)F)cc1. The van der Waals surface area contributed by atoms with Crippen LogP contribution in [0.25, 0.3) is 22.7 Å². The number of fused-ring (bicyclic) bond motifs is 2. The third kappa shape index (κ3) is 5.78. The highest BCUT2D eigenvalue weighted by Crippen LogP contribution is 2.37. The predicted molar refractivity (Wildman–Crippen MR) is 165 cm³/mol. The number of halogens is 3. The largest absolute Gasteiger partial charge is 0.416 e. The fourth-order valence-corrected chi connectivity index (χ4v) is 5.91. The van der Waals surface area contributed by atoms with Crippen molar-refractivity contribution < 1.29 is 18.3 Å². The molecule has 2 atom stereocenters. The molecule has 0 aliphatic heterocycles. The molecule has 0 spiro atoms. The maximum Gasteiger partial charge on any atom is 0.416 e. The Labute approximate surface area is 245 Å². The minimum Gasteiger partial charge on any atom is -0.393 e. The molecule has 218 valence electrons. The van der Waals surface area contributed by atoms with Crippen molar-refractivity contribution in [3.8, 4) is 5.69 Å². The fourth-order valence-electron chi connectivity index (χ4n) is 5.91. The highest BCUT2D eigenvalue weighted by Gasteiger charge is 2.30. The lowest BCUT2D eigenvalue weighted by atomic mass is 9.88. The van der Waals surface area contributed by atoms with Gasteiger partial charge < -0.3 is 15.0 Å². The summed E-state index contributed by atoms with van der Waals surface area (Å²) in [6.45, 7) is 6.64. The zero-order valence-corrected chi connectivity index (χ0v) is 24.3. The molecular formula is C36H37F3N2O. The van der Waals surface area contributed by atoms with Crippen LogP contribution in [0.5, 0.6) is 0 Å². The van der Waals surface area contributed by atoms with E-state index in [9.17, 15) is 18.3 Å². The van der Waals surface area contributed by atoms with Crippen molar-refractivity contribution in [3.63, 3.8) is 0 Å². The molecule has 0 bridgehead atoms. The number of nitrogens with one attached hydrogen (secondary N) is 1. The number of hydrogen-bond donors (Lipinski definition) is 2. The smallest absolute Gasteiger partial charge is 0.393 e. The van der Waals surface area contributed by atoms with Crippen LogP contribution in [0.15, 0.2) is 84.1 Å². The van der Waals surface area contributed by atoms with Gasteiger partial charge in [-0.2, -0.15) is 13.2 Å². The van der Waals surface area contributed by atoms with Gasteiger partial charge in [0.1, 0.15) is 0 Å². The van der Waals surface area contributed by atoms with Gasteiger partial charge in [-0.05, 0) is 120 Å². The Morgan fingerprint density at radius 3 is 2.43 bits per heavy atom. The molecule has 1 heterocycles. The van der Waals surface area contributed by atoms with E-state index in [4.69, 9.17) is 0 Å². The number of aromatic nitrogens is 1. The summed E-state index contributed by atoms with van der Waals surface area (Å²) >= 11 is 0. The summed E-state index contributed by atoms with van der Waals surface area (Å²) in [5.41, 5.74) is 8.98. The first-order chi connectivity index (χ1) is 20.1. The third-order valence-corrected chi connectivity index (χ3v) is 8.86. The van der Waals surface area contributed by atoms with Crippen LogP contribution in [-0.4, -0.2) is 15.8 Å². The van der Waals surface area contributed by atoms with Crippen molar-refractivity contribution in [3.05, 3.63) is 112 Å². The summed E-state index contributed by atoms with van der Waals surface area (Å²) in [5, 5.41) is 15.0. The van der Waals surface area contributed by atoms with Crippen molar-refractivity contribution in [1.82, 2.24) is 4.57 Å². The number of hydrogen-bond acceptors (Lipinski definition) is 2. The molecule has 0 saturated heterocycles. The Bertz CT molecular complexity index is 1670. The zero-order valence-electron chi connectivity index (χ0n) is 24.3. The summed E-state index contributed by atoms with van der Waals surface area (Å²) in [6, 6.07) is 20.2. The maximum absolute atomic E-state index is 13.3.